The van der Waals surface area contributed by atoms with Crippen LogP contribution in [-0.2, 0) is 6.61 Å². The largest absolute Gasteiger partial charge is 0.467 e. The summed E-state index contributed by atoms with van der Waals surface area (Å²) in [7, 11) is 0. The van der Waals surface area contributed by atoms with E-state index in [4.69, 9.17) is 4.74 Å². The van der Waals surface area contributed by atoms with Crippen molar-refractivity contribution in [3.63, 3.8) is 0 Å². The van der Waals surface area contributed by atoms with E-state index >= 15 is 0 Å². The number of benzene rings is 1. The van der Waals surface area contributed by atoms with Crippen LogP contribution in [0.4, 0.5) is 0 Å². The predicted molar refractivity (Wildman–Crippen MR) is 101 cm³/mol. The van der Waals surface area contributed by atoms with Crippen molar-refractivity contribution in [3.05, 3.63) is 65.4 Å². The number of hydrogen-bond acceptors (Lipinski definition) is 5. The molecule has 1 aliphatic carbocycles. The molecule has 0 amide bonds. The molecular weight excluding hydrogens is 338 g/mol. The second-order valence-electron chi connectivity index (χ2n) is 6.72. The molecule has 0 spiro atoms. The molecule has 0 radical (unpaired) electrons. The number of rotatable bonds is 5. The minimum Gasteiger partial charge on any atom is -0.467 e. The van der Waals surface area contributed by atoms with Crippen LogP contribution in [0.15, 0.2) is 42.7 Å². The van der Waals surface area contributed by atoms with Crippen LogP contribution in [-0.4, -0.2) is 25.0 Å². The fourth-order valence-corrected chi connectivity index (χ4v) is 2.76. The Balaban J connectivity index is 1.45. The van der Waals surface area contributed by atoms with Crippen LogP contribution < -0.4 is 4.74 Å². The standard InChI is InChI=1S/C21H21N5O/c1-15(19-10-8-18(9-11-19)7-6-17-4-5-17)26-16(2)21(24-25-26)27-14-20-22-12-3-13-23-20/h3,8-13,15,17H,4-5,14H2,1-2H3/t15-/m1/s1. The Morgan fingerprint density at radius 1 is 1.19 bits per heavy atom. The lowest BCUT2D eigenvalue weighted by atomic mass is 10.1. The highest BCUT2D eigenvalue weighted by Gasteiger charge is 2.18. The van der Waals surface area contributed by atoms with Crippen LogP contribution >= 0.6 is 0 Å². The molecule has 0 unspecified atom stereocenters. The zero-order valence-corrected chi connectivity index (χ0v) is 15.5. The van der Waals surface area contributed by atoms with Crippen LogP contribution in [0.3, 0.4) is 0 Å². The predicted octanol–water partition coefficient (Wildman–Crippen LogP) is 3.33. The van der Waals surface area contributed by atoms with E-state index in [1.165, 1.54) is 12.8 Å². The van der Waals surface area contributed by atoms with Crippen LogP contribution in [0.2, 0.25) is 0 Å². The Morgan fingerprint density at radius 2 is 1.93 bits per heavy atom. The molecule has 1 atom stereocenters. The first-order chi connectivity index (χ1) is 13.2. The minimum absolute atomic E-state index is 0.0493. The molecular formula is C21H21N5O. The maximum Gasteiger partial charge on any atom is 0.256 e. The molecule has 1 fully saturated rings. The molecule has 6 nitrogen and oxygen atoms in total. The van der Waals surface area contributed by atoms with Gasteiger partial charge in [-0.1, -0.05) is 34.3 Å². The van der Waals surface area contributed by atoms with Crippen LogP contribution in [0.25, 0.3) is 0 Å². The first-order valence-electron chi connectivity index (χ1n) is 9.12. The Morgan fingerprint density at radius 3 is 2.63 bits per heavy atom. The van der Waals surface area contributed by atoms with E-state index in [1.807, 2.05) is 11.6 Å². The van der Waals surface area contributed by atoms with Crippen LogP contribution in [0.5, 0.6) is 5.88 Å². The van der Waals surface area contributed by atoms with Gasteiger partial charge < -0.3 is 4.74 Å². The van der Waals surface area contributed by atoms with Gasteiger partial charge in [-0.15, -0.1) is 0 Å². The molecule has 2 heterocycles. The van der Waals surface area contributed by atoms with E-state index in [2.05, 4.69) is 63.3 Å². The van der Waals surface area contributed by atoms with Crippen LogP contribution in [0, 0.1) is 24.7 Å². The summed E-state index contributed by atoms with van der Waals surface area (Å²) in [4.78, 5) is 8.30. The topological polar surface area (TPSA) is 65.7 Å². The molecule has 1 aliphatic rings. The number of nitrogens with zero attached hydrogens (tertiary/aromatic N) is 5. The van der Waals surface area contributed by atoms with Gasteiger partial charge in [-0.3, -0.25) is 0 Å². The van der Waals surface area contributed by atoms with Crippen molar-refractivity contribution >= 4 is 0 Å². The summed E-state index contributed by atoms with van der Waals surface area (Å²) in [6.07, 6.45) is 5.87. The summed E-state index contributed by atoms with van der Waals surface area (Å²) < 4.78 is 7.60. The van der Waals surface area contributed by atoms with Gasteiger partial charge in [-0.2, -0.15) is 0 Å². The van der Waals surface area contributed by atoms with Gasteiger partial charge in [-0.05, 0) is 50.5 Å². The zero-order valence-electron chi connectivity index (χ0n) is 15.5. The molecule has 6 heteroatoms. The average Bonchev–Trinajstić information content (AvgIpc) is 3.47. The van der Waals surface area contributed by atoms with Crippen molar-refractivity contribution in [3.8, 4) is 17.7 Å². The van der Waals surface area contributed by atoms with E-state index in [1.54, 1.807) is 18.5 Å². The molecule has 0 bridgehead atoms. The summed E-state index contributed by atoms with van der Waals surface area (Å²) in [6.45, 7) is 4.31. The second kappa shape index (κ2) is 7.58. The zero-order chi connectivity index (χ0) is 18.6. The number of hydrogen-bond donors (Lipinski definition) is 0. The molecule has 27 heavy (non-hydrogen) atoms. The highest BCUT2D eigenvalue weighted by atomic mass is 16.5. The summed E-state index contributed by atoms with van der Waals surface area (Å²) >= 11 is 0. The molecule has 3 aromatic rings. The van der Waals surface area contributed by atoms with E-state index in [9.17, 15) is 0 Å². The first-order valence-corrected chi connectivity index (χ1v) is 9.12. The second-order valence-corrected chi connectivity index (χ2v) is 6.72. The fraction of sp³-hybridized carbons (Fsp3) is 0.333. The SMILES string of the molecule is Cc1c(OCc2ncccn2)nnn1[C@H](C)c1ccc(C#CC2CC2)cc1. The molecule has 4 rings (SSSR count). The van der Waals surface area contributed by atoms with Crippen molar-refractivity contribution in [2.24, 2.45) is 5.92 Å². The fourth-order valence-electron chi connectivity index (χ4n) is 2.76. The van der Waals surface area contributed by atoms with Crippen molar-refractivity contribution in [1.82, 2.24) is 25.0 Å². The van der Waals surface area contributed by atoms with Gasteiger partial charge in [0.25, 0.3) is 5.88 Å². The molecule has 0 saturated heterocycles. The lowest BCUT2D eigenvalue weighted by Gasteiger charge is -2.14. The highest BCUT2D eigenvalue weighted by Crippen LogP contribution is 2.28. The number of aromatic nitrogens is 5. The lowest BCUT2D eigenvalue weighted by molar-refractivity contribution is 0.281. The Labute approximate surface area is 158 Å². The third-order valence-electron chi connectivity index (χ3n) is 4.60. The van der Waals surface area contributed by atoms with Crippen molar-refractivity contribution in [2.75, 3.05) is 0 Å². The summed E-state index contributed by atoms with van der Waals surface area (Å²) in [5, 5.41) is 8.43. The van der Waals surface area contributed by atoms with E-state index < -0.39 is 0 Å². The van der Waals surface area contributed by atoms with Gasteiger partial charge >= 0.3 is 0 Å². The quantitative estimate of drug-likeness (QED) is 0.654. The Bertz CT molecular complexity index is 965. The first kappa shape index (κ1) is 17.2. The van der Waals surface area contributed by atoms with Crippen LogP contribution in [0.1, 0.15) is 48.5 Å². The maximum absolute atomic E-state index is 5.73. The lowest BCUT2D eigenvalue weighted by Crippen LogP contribution is -2.10. The minimum atomic E-state index is 0.0493. The maximum atomic E-state index is 5.73. The highest BCUT2D eigenvalue weighted by molar-refractivity contribution is 5.38. The third-order valence-corrected chi connectivity index (χ3v) is 4.60. The smallest absolute Gasteiger partial charge is 0.256 e. The van der Waals surface area contributed by atoms with Crippen molar-refractivity contribution < 1.29 is 4.74 Å². The summed E-state index contributed by atoms with van der Waals surface area (Å²) in [5.41, 5.74) is 3.08. The average molecular weight is 359 g/mol. The normalized spacial score (nSPS) is 14.3. The van der Waals surface area contributed by atoms with Crippen molar-refractivity contribution in [2.45, 2.75) is 39.3 Å². The van der Waals surface area contributed by atoms with Gasteiger partial charge in [0.15, 0.2) is 5.82 Å². The van der Waals surface area contributed by atoms with E-state index in [0.29, 0.717) is 17.6 Å². The van der Waals surface area contributed by atoms with Gasteiger partial charge in [-0.25, -0.2) is 14.6 Å². The Kier molecular flexibility index (Phi) is 4.84. The monoisotopic (exact) mass is 359 g/mol. The van der Waals surface area contributed by atoms with E-state index in [-0.39, 0.29) is 12.6 Å². The molecule has 1 saturated carbocycles. The molecule has 136 valence electrons. The third kappa shape index (κ3) is 4.14. The Hall–Kier alpha value is -3.20. The molecule has 0 aliphatic heterocycles. The van der Waals surface area contributed by atoms with Gasteiger partial charge in [0.05, 0.1) is 11.7 Å². The molecule has 2 aromatic heterocycles. The van der Waals surface area contributed by atoms with Gasteiger partial charge in [0.2, 0.25) is 0 Å². The molecule has 0 N–H and O–H groups in total. The number of ether oxygens (including phenoxy) is 1. The summed E-state index contributed by atoms with van der Waals surface area (Å²) in [6, 6.07) is 10.2. The summed E-state index contributed by atoms with van der Waals surface area (Å²) in [5.74, 6) is 8.26. The van der Waals surface area contributed by atoms with E-state index in [0.717, 1.165) is 16.8 Å². The van der Waals surface area contributed by atoms with Crippen molar-refractivity contribution in [1.29, 1.82) is 0 Å². The van der Waals surface area contributed by atoms with Gasteiger partial charge in [0, 0.05) is 23.9 Å². The molecule has 1 aromatic carbocycles. The van der Waals surface area contributed by atoms with Gasteiger partial charge in [0.1, 0.15) is 6.61 Å².